The zero-order chi connectivity index (χ0) is 17.8. The molecule has 0 aromatic heterocycles. The highest BCUT2D eigenvalue weighted by molar-refractivity contribution is 7.89. The fourth-order valence-corrected chi connectivity index (χ4v) is 4.53. The van der Waals surface area contributed by atoms with E-state index < -0.39 is 36.9 Å². The van der Waals surface area contributed by atoms with Gasteiger partial charge in [0.1, 0.15) is 0 Å². The zero-order valence-corrected chi connectivity index (χ0v) is 13.9. The van der Waals surface area contributed by atoms with E-state index in [0.717, 1.165) is 25.3 Å². The van der Waals surface area contributed by atoms with Gasteiger partial charge in [-0.2, -0.15) is 0 Å². The molecule has 0 aliphatic heterocycles. The largest absolute Gasteiger partial charge is 0.481 e. The molecule has 0 bridgehead atoms. The van der Waals surface area contributed by atoms with Crippen LogP contribution >= 0.6 is 0 Å². The highest BCUT2D eigenvalue weighted by atomic mass is 32.2. The molecule has 9 heteroatoms. The Bertz CT molecular complexity index is 725. The zero-order valence-electron chi connectivity index (χ0n) is 13.1. The van der Waals surface area contributed by atoms with Crippen molar-refractivity contribution in [3.8, 4) is 0 Å². The maximum atomic E-state index is 12.5. The van der Waals surface area contributed by atoms with Crippen molar-refractivity contribution in [3.63, 3.8) is 0 Å². The number of aliphatic carboxylic acids is 1. The summed E-state index contributed by atoms with van der Waals surface area (Å²) in [5, 5.41) is 20.1. The summed E-state index contributed by atoms with van der Waals surface area (Å²) in [6, 6.07) is 5.10. The molecule has 1 aliphatic carbocycles. The molecule has 2 rings (SSSR count). The van der Waals surface area contributed by atoms with Gasteiger partial charge < -0.3 is 5.11 Å². The number of hydrogen-bond donors (Lipinski definition) is 2. The second-order valence-corrected chi connectivity index (χ2v) is 7.92. The summed E-state index contributed by atoms with van der Waals surface area (Å²) in [6.45, 7) is -0.0340. The SMILES string of the molecule is O=C(O)CC1(CNS(=O)(=O)c2ccccc2[N+](=O)[O-])CCCCC1. The van der Waals surface area contributed by atoms with Crippen LogP contribution in [0.1, 0.15) is 38.5 Å². The third-order valence-corrected chi connectivity index (χ3v) is 5.88. The number of rotatable bonds is 7. The van der Waals surface area contributed by atoms with Crippen molar-refractivity contribution < 1.29 is 23.2 Å². The lowest BCUT2D eigenvalue weighted by atomic mass is 9.72. The third kappa shape index (κ3) is 4.30. The second-order valence-electron chi connectivity index (χ2n) is 6.18. The maximum Gasteiger partial charge on any atom is 0.303 e. The van der Waals surface area contributed by atoms with E-state index in [1.807, 2.05) is 0 Å². The number of para-hydroxylation sites is 1. The Balaban J connectivity index is 2.22. The van der Waals surface area contributed by atoms with Crippen LogP contribution in [0.5, 0.6) is 0 Å². The van der Waals surface area contributed by atoms with Crippen molar-refractivity contribution in [1.82, 2.24) is 4.72 Å². The molecule has 8 nitrogen and oxygen atoms in total. The van der Waals surface area contributed by atoms with Crippen LogP contribution in [0.3, 0.4) is 0 Å². The standard InChI is InChI=1S/C15H20N2O6S/c18-14(19)10-15(8-4-1-5-9-15)11-16-24(22,23)13-7-3-2-6-12(13)17(20)21/h2-3,6-7,16H,1,4-5,8-11H2,(H,18,19). The van der Waals surface area contributed by atoms with Crippen LogP contribution in [-0.2, 0) is 14.8 Å². The molecule has 1 aromatic rings. The average molecular weight is 356 g/mol. The Kier molecular flexibility index (Phi) is 5.55. The molecule has 1 saturated carbocycles. The number of nitrogens with zero attached hydrogens (tertiary/aromatic N) is 1. The average Bonchev–Trinajstić information content (AvgIpc) is 2.53. The van der Waals surface area contributed by atoms with Gasteiger partial charge in [0.25, 0.3) is 5.69 Å². The maximum absolute atomic E-state index is 12.5. The summed E-state index contributed by atoms with van der Waals surface area (Å²) < 4.78 is 27.3. The number of carboxylic acids is 1. The molecular formula is C15H20N2O6S. The normalized spacial score (nSPS) is 17.3. The summed E-state index contributed by atoms with van der Waals surface area (Å²) in [4.78, 5) is 21.0. The van der Waals surface area contributed by atoms with Crippen LogP contribution in [0.25, 0.3) is 0 Å². The molecule has 0 atom stereocenters. The first-order valence-corrected chi connectivity index (χ1v) is 9.19. The second kappa shape index (κ2) is 7.27. The quantitative estimate of drug-likeness (QED) is 0.570. The fraction of sp³-hybridized carbons (Fsp3) is 0.533. The first-order valence-electron chi connectivity index (χ1n) is 7.71. The smallest absolute Gasteiger partial charge is 0.303 e. The first-order chi connectivity index (χ1) is 11.3. The molecule has 2 N–H and O–H groups in total. The van der Waals surface area contributed by atoms with Crippen LogP contribution < -0.4 is 4.72 Å². The topological polar surface area (TPSA) is 127 Å². The van der Waals surface area contributed by atoms with Gasteiger partial charge in [0.15, 0.2) is 4.90 Å². The molecule has 0 amide bonds. The lowest BCUT2D eigenvalue weighted by molar-refractivity contribution is -0.387. The van der Waals surface area contributed by atoms with E-state index in [1.54, 1.807) is 0 Å². The third-order valence-electron chi connectivity index (χ3n) is 4.43. The van der Waals surface area contributed by atoms with Crippen LogP contribution in [0.2, 0.25) is 0 Å². The van der Waals surface area contributed by atoms with Gasteiger partial charge >= 0.3 is 5.97 Å². The number of nitrogens with one attached hydrogen (secondary N) is 1. The highest BCUT2D eigenvalue weighted by Gasteiger charge is 2.36. The van der Waals surface area contributed by atoms with E-state index in [1.165, 1.54) is 18.2 Å². The van der Waals surface area contributed by atoms with Crippen molar-refractivity contribution in [2.75, 3.05) is 6.54 Å². The molecule has 0 radical (unpaired) electrons. The van der Waals surface area contributed by atoms with E-state index in [4.69, 9.17) is 5.11 Å². The van der Waals surface area contributed by atoms with Crippen molar-refractivity contribution in [2.45, 2.75) is 43.4 Å². The molecule has 24 heavy (non-hydrogen) atoms. The van der Waals surface area contributed by atoms with Crippen molar-refractivity contribution >= 4 is 21.7 Å². The van der Waals surface area contributed by atoms with Crippen LogP contribution in [0.4, 0.5) is 5.69 Å². The van der Waals surface area contributed by atoms with Crippen molar-refractivity contribution in [1.29, 1.82) is 0 Å². The van der Waals surface area contributed by atoms with Crippen LogP contribution in [0.15, 0.2) is 29.2 Å². The number of carboxylic acid groups (broad SMARTS) is 1. The summed E-state index contributed by atoms with van der Waals surface area (Å²) >= 11 is 0. The van der Waals surface area contributed by atoms with E-state index >= 15 is 0 Å². The highest BCUT2D eigenvalue weighted by Crippen LogP contribution is 2.39. The number of benzene rings is 1. The number of carbonyl (C=O) groups is 1. The van der Waals surface area contributed by atoms with Gasteiger partial charge in [-0.1, -0.05) is 31.4 Å². The fourth-order valence-electron chi connectivity index (χ4n) is 3.20. The van der Waals surface area contributed by atoms with Gasteiger partial charge in [0.05, 0.1) is 11.3 Å². The molecule has 0 heterocycles. The molecule has 0 saturated heterocycles. The number of nitro groups is 1. The Morgan fingerprint density at radius 1 is 1.25 bits per heavy atom. The Labute approximate surface area is 140 Å². The van der Waals surface area contributed by atoms with E-state index in [9.17, 15) is 23.3 Å². The minimum atomic E-state index is -4.09. The van der Waals surface area contributed by atoms with Gasteiger partial charge in [-0.3, -0.25) is 14.9 Å². The summed E-state index contributed by atoms with van der Waals surface area (Å²) in [5.41, 5.74) is -1.14. The number of hydrogen-bond acceptors (Lipinski definition) is 5. The molecule has 1 aromatic carbocycles. The van der Waals surface area contributed by atoms with Crippen molar-refractivity contribution in [3.05, 3.63) is 34.4 Å². The van der Waals surface area contributed by atoms with E-state index in [0.29, 0.717) is 12.8 Å². The van der Waals surface area contributed by atoms with Gasteiger partial charge in [-0.05, 0) is 24.3 Å². The van der Waals surface area contributed by atoms with Crippen molar-refractivity contribution in [2.24, 2.45) is 5.41 Å². The molecular weight excluding hydrogens is 336 g/mol. The van der Waals surface area contributed by atoms with E-state index in [2.05, 4.69) is 4.72 Å². The van der Waals surface area contributed by atoms with Gasteiger partial charge in [0.2, 0.25) is 10.0 Å². The Morgan fingerprint density at radius 3 is 2.46 bits per heavy atom. The lowest BCUT2D eigenvalue weighted by Gasteiger charge is -2.36. The molecule has 1 aliphatic rings. The molecule has 1 fully saturated rings. The first kappa shape index (κ1) is 18.3. The monoisotopic (exact) mass is 356 g/mol. The Hall–Kier alpha value is -2.00. The Morgan fingerprint density at radius 2 is 1.88 bits per heavy atom. The molecule has 132 valence electrons. The predicted octanol–water partition coefficient (Wildman–Crippen LogP) is 2.30. The number of nitro benzene ring substituents is 1. The summed E-state index contributed by atoms with van der Waals surface area (Å²) in [5.74, 6) is -0.971. The summed E-state index contributed by atoms with van der Waals surface area (Å²) in [6.07, 6.45) is 3.82. The van der Waals surface area contributed by atoms with Gasteiger partial charge in [-0.25, -0.2) is 13.1 Å². The number of sulfonamides is 1. The van der Waals surface area contributed by atoms with E-state index in [-0.39, 0.29) is 13.0 Å². The minimum Gasteiger partial charge on any atom is -0.481 e. The lowest BCUT2D eigenvalue weighted by Crippen LogP contribution is -2.40. The van der Waals surface area contributed by atoms with Gasteiger partial charge in [0, 0.05) is 12.6 Å². The van der Waals surface area contributed by atoms with Crippen LogP contribution in [0, 0.1) is 15.5 Å². The minimum absolute atomic E-state index is 0.0340. The van der Waals surface area contributed by atoms with Crippen LogP contribution in [-0.4, -0.2) is 31.0 Å². The molecule has 0 spiro atoms. The molecule has 0 unspecified atom stereocenters. The summed E-state index contributed by atoms with van der Waals surface area (Å²) in [7, 11) is -4.09. The predicted molar refractivity (Wildman–Crippen MR) is 86.1 cm³/mol. The van der Waals surface area contributed by atoms with Gasteiger partial charge in [-0.15, -0.1) is 0 Å².